The summed E-state index contributed by atoms with van der Waals surface area (Å²) in [7, 11) is 1.76. The van der Waals surface area contributed by atoms with E-state index in [1.165, 1.54) is 0 Å². The van der Waals surface area contributed by atoms with Crippen molar-refractivity contribution in [3.05, 3.63) is 0 Å². The van der Waals surface area contributed by atoms with E-state index in [-0.39, 0.29) is 11.5 Å². The quantitative estimate of drug-likeness (QED) is 0.720. The lowest BCUT2D eigenvalue weighted by atomic mass is 9.94. The summed E-state index contributed by atoms with van der Waals surface area (Å²) in [4.78, 5) is 13.7. The number of carbonyl (C=O) groups is 1. The second-order valence-electron chi connectivity index (χ2n) is 5.46. The van der Waals surface area contributed by atoms with Gasteiger partial charge in [-0.15, -0.1) is 0 Å². The minimum Gasteiger partial charge on any atom is -0.379 e. The van der Waals surface area contributed by atoms with Crippen molar-refractivity contribution in [1.82, 2.24) is 4.90 Å². The van der Waals surface area contributed by atoms with Gasteiger partial charge in [-0.2, -0.15) is 0 Å². The van der Waals surface area contributed by atoms with E-state index in [1.807, 2.05) is 0 Å². The zero-order valence-corrected chi connectivity index (χ0v) is 11.1. The Morgan fingerprint density at radius 3 is 2.75 bits per heavy atom. The van der Waals surface area contributed by atoms with E-state index in [1.54, 1.807) is 14.0 Å². The first-order valence-corrected chi connectivity index (χ1v) is 6.22. The molecule has 0 aromatic carbocycles. The van der Waals surface area contributed by atoms with Crippen LogP contribution in [0.5, 0.6) is 0 Å². The molecule has 1 saturated heterocycles. The maximum Gasteiger partial charge on any atom is 0.134 e. The Morgan fingerprint density at radius 1 is 1.50 bits per heavy atom. The molecule has 1 unspecified atom stereocenters. The molecule has 94 valence electrons. The lowest BCUT2D eigenvalue weighted by molar-refractivity contribution is -0.122. The van der Waals surface area contributed by atoms with Gasteiger partial charge in [-0.3, -0.25) is 4.79 Å². The van der Waals surface area contributed by atoms with Crippen LogP contribution in [0.2, 0.25) is 0 Å². The van der Waals surface area contributed by atoms with Gasteiger partial charge in [-0.05, 0) is 46.6 Å². The molecule has 0 bridgehead atoms. The Labute approximate surface area is 99.1 Å². The summed E-state index contributed by atoms with van der Waals surface area (Å²) in [5.41, 5.74) is -0.0524. The molecule has 1 aliphatic rings. The largest absolute Gasteiger partial charge is 0.379 e. The second kappa shape index (κ2) is 5.78. The highest BCUT2D eigenvalue weighted by Crippen LogP contribution is 2.20. The van der Waals surface area contributed by atoms with Crippen LogP contribution in [0.3, 0.4) is 0 Å². The van der Waals surface area contributed by atoms with Gasteiger partial charge in [0.2, 0.25) is 0 Å². The van der Waals surface area contributed by atoms with Crippen LogP contribution in [-0.4, -0.2) is 43.0 Å². The summed E-state index contributed by atoms with van der Waals surface area (Å²) in [5, 5.41) is 0. The number of methoxy groups -OCH3 is 1. The zero-order valence-electron chi connectivity index (χ0n) is 11.1. The molecule has 0 aromatic rings. The van der Waals surface area contributed by atoms with E-state index in [4.69, 9.17) is 4.74 Å². The fourth-order valence-corrected chi connectivity index (χ4v) is 2.12. The number of hydrogen-bond acceptors (Lipinski definition) is 3. The molecule has 1 aliphatic heterocycles. The summed E-state index contributed by atoms with van der Waals surface area (Å²) >= 11 is 0. The van der Waals surface area contributed by atoms with Gasteiger partial charge in [0.25, 0.3) is 0 Å². The van der Waals surface area contributed by atoms with E-state index < -0.39 is 0 Å². The Morgan fingerprint density at radius 2 is 2.19 bits per heavy atom. The zero-order chi connectivity index (χ0) is 12.2. The van der Waals surface area contributed by atoms with Gasteiger partial charge in [0.1, 0.15) is 5.78 Å². The van der Waals surface area contributed by atoms with Crippen LogP contribution >= 0.6 is 0 Å². The lowest BCUT2D eigenvalue weighted by Gasteiger charge is -2.33. The van der Waals surface area contributed by atoms with Gasteiger partial charge in [0.05, 0.1) is 5.60 Å². The number of likely N-dealkylation sites (tertiary alicyclic amines) is 1. The summed E-state index contributed by atoms with van der Waals surface area (Å²) in [6.07, 6.45) is 3.24. The Hall–Kier alpha value is -0.410. The minimum atomic E-state index is -0.0524. The normalized spacial score (nSPS) is 23.4. The van der Waals surface area contributed by atoms with Crippen LogP contribution in [-0.2, 0) is 9.53 Å². The summed E-state index contributed by atoms with van der Waals surface area (Å²) in [5.74, 6) is 0.607. The molecule has 0 N–H and O–H groups in total. The second-order valence-corrected chi connectivity index (χ2v) is 5.46. The first kappa shape index (κ1) is 13.7. The molecule has 1 fully saturated rings. The predicted octanol–water partition coefficient (Wildman–Crippen LogP) is 2.10. The molecule has 0 aliphatic carbocycles. The Kier molecular flexibility index (Phi) is 4.93. The highest BCUT2D eigenvalue weighted by molar-refractivity contribution is 5.78. The molecule has 0 aromatic heterocycles. The number of hydrogen-bond donors (Lipinski definition) is 0. The fraction of sp³-hybridized carbons (Fsp3) is 0.923. The first-order chi connectivity index (χ1) is 7.44. The van der Waals surface area contributed by atoms with E-state index in [0.717, 1.165) is 38.9 Å². The standard InChI is InChI=1S/C13H25NO2/c1-11(15)12-6-5-8-14(10-12)9-7-13(2,3)16-4/h12H,5-10H2,1-4H3. The molecule has 1 heterocycles. The van der Waals surface area contributed by atoms with Crippen molar-refractivity contribution in [2.45, 2.75) is 45.6 Å². The third-order valence-corrected chi connectivity index (χ3v) is 3.66. The molecular formula is C13H25NO2. The molecule has 1 atom stereocenters. The van der Waals surface area contributed by atoms with Gasteiger partial charge >= 0.3 is 0 Å². The highest BCUT2D eigenvalue weighted by atomic mass is 16.5. The number of nitrogens with zero attached hydrogens (tertiary/aromatic N) is 1. The number of rotatable bonds is 5. The monoisotopic (exact) mass is 227 g/mol. The van der Waals surface area contributed by atoms with Crippen LogP contribution in [0.1, 0.15) is 40.0 Å². The molecule has 16 heavy (non-hydrogen) atoms. The molecule has 0 amide bonds. The van der Waals surface area contributed by atoms with E-state index in [9.17, 15) is 4.79 Å². The molecule has 0 saturated carbocycles. The molecular weight excluding hydrogens is 202 g/mol. The Balaban J connectivity index is 2.35. The number of ether oxygens (including phenoxy) is 1. The van der Waals surface area contributed by atoms with Crippen LogP contribution in [0.4, 0.5) is 0 Å². The van der Waals surface area contributed by atoms with Crippen LogP contribution in [0.25, 0.3) is 0 Å². The highest BCUT2D eigenvalue weighted by Gasteiger charge is 2.25. The first-order valence-electron chi connectivity index (χ1n) is 6.22. The van der Waals surface area contributed by atoms with Gasteiger partial charge in [-0.25, -0.2) is 0 Å². The molecule has 0 spiro atoms. The average Bonchev–Trinajstić information content (AvgIpc) is 2.27. The molecule has 3 heteroatoms. The summed E-state index contributed by atoms with van der Waals surface area (Å²) < 4.78 is 5.41. The topological polar surface area (TPSA) is 29.5 Å². The molecule has 1 rings (SSSR count). The van der Waals surface area contributed by atoms with Crippen molar-refractivity contribution < 1.29 is 9.53 Å². The van der Waals surface area contributed by atoms with Gasteiger partial charge in [0.15, 0.2) is 0 Å². The van der Waals surface area contributed by atoms with Gasteiger partial charge in [0, 0.05) is 26.1 Å². The summed E-state index contributed by atoms with van der Waals surface area (Å²) in [6.45, 7) is 9.04. The van der Waals surface area contributed by atoms with Crippen molar-refractivity contribution >= 4 is 5.78 Å². The van der Waals surface area contributed by atoms with Crippen LogP contribution in [0.15, 0.2) is 0 Å². The molecule has 3 nitrogen and oxygen atoms in total. The van der Waals surface area contributed by atoms with Crippen molar-refractivity contribution in [3.63, 3.8) is 0 Å². The predicted molar refractivity (Wildman–Crippen MR) is 65.6 cm³/mol. The summed E-state index contributed by atoms with van der Waals surface area (Å²) in [6, 6.07) is 0. The number of ketones is 1. The average molecular weight is 227 g/mol. The van der Waals surface area contributed by atoms with Gasteiger partial charge < -0.3 is 9.64 Å². The van der Waals surface area contributed by atoms with Crippen LogP contribution in [0, 0.1) is 5.92 Å². The van der Waals surface area contributed by atoms with Crippen molar-refractivity contribution in [3.8, 4) is 0 Å². The third-order valence-electron chi connectivity index (χ3n) is 3.66. The maximum absolute atomic E-state index is 11.4. The Bertz CT molecular complexity index is 238. The van der Waals surface area contributed by atoms with Crippen molar-refractivity contribution in [2.75, 3.05) is 26.7 Å². The van der Waals surface area contributed by atoms with Crippen molar-refractivity contribution in [2.24, 2.45) is 5.92 Å². The van der Waals surface area contributed by atoms with Crippen molar-refractivity contribution in [1.29, 1.82) is 0 Å². The SMILES string of the molecule is COC(C)(C)CCN1CCCC(C(C)=O)C1. The third kappa shape index (κ3) is 4.22. The van der Waals surface area contributed by atoms with Crippen LogP contribution < -0.4 is 0 Å². The smallest absolute Gasteiger partial charge is 0.134 e. The molecule has 0 radical (unpaired) electrons. The lowest BCUT2D eigenvalue weighted by Crippen LogP contribution is -2.40. The fourth-order valence-electron chi connectivity index (χ4n) is 2.12. The number of piperidine rings is 1. The van der Waals surface area contributed by atoms with E-state index in [2.05, 4.69) is 18.7 Å². The van der Waals surface area contributed by atoms with Gasteiger partial charge in [-0.1, -0.05) is 0 Å². The maximum atomic E-state index is 11.4. The van der Waals surface area contributed by atoms with E-state index >= 15 is 0 Å². The number of carbonyl (C=O) groups excluding carboxylic acids is 1. The minimum absolute atomic E-state index is 0.0524. The number of Topliss-reactive ketones (excluding diaryl/α,β-unsaturated/α-hetero) is 1. The van der Waals surface area contributed by atoms with E-state index in [0.29, 0.717) is 5.78 Å².